The molecular weight excluding hydrogens is 384 g/mol. The van der Waals surface area contributed by atoms with Crippen LogP contribution in [-0.4, -0.2) is 79.2 Å². The monoisotopic (exact) mass is 424 g/mol. The van der Waals surface area contributed by atoms with Crippen LogP contribution in [0.25, 0.3) is 11.4 Å². The first-order valence-electron chi connectivity index (χ1n) is 12.0. The Morgan fingerprint density at radius 3 is 2.29 bits per heavy atom. The topological polar surface area (TPSA) is 47.5 Å². The second-order valence-electron chi connectivity index (χ2n) is 8.39. The molecule has 1 aromatic carbocycles. The first-order chi connectivity index (χ1) is 15.2. The Hall–Kier alpha value is -2.18. The highest BCUT2D eigenvalue weighted by Crippen LogP contribution is 2.23. The summed E-state index contributed by atoms with van der Waals surface area (Å²) in [5.74, 6) is 1.75. The maximum atomic E-state index is 4.81. The molecule has 2 saturated heterocycles. The average molecular weight is 425 g/mol. The fourth-order valence-electron chi connectivity index (χ4n) is 4.16. The molecular formula is C25H40N6. The van der Waals surface area contributed by atoms with Crippen molar-refractivity contribution in [3.63, 3.8) is 0 Å². The molecule has 2 aromatic rings. The third kappa shape index (κ3) is 6.65. The fraction of sp³-hybridized carbons (Fsp3) is 0.600. The van der Waals surface area contributed by atoms with Gasteiger partial charge in [0.1, 0.15) is 5.82 Å². The summed E-state index contributed by atoms with van der Waals surface area (Å²) in [6, 6.07) is 8.70. The van der Waals surface area contributed by atoms with Gasteiger partial charge in [0, 0.05) is 55.7 Å². The van der Waals surface area contributed by atoms with Gasteiger partial charge in [-0.2, -0.15) is 0 Å². The first-order valence-corrected chi connectivity index (χ1v) is 12.0. The van der Waals surface area contributed by atoms with Crippen LogP contribution >= 0.6 is 0 Å². The number of nitrogens with zero attached hydrogens (tertiary/aromatic N) is 5. The number of likely N-dealkylation sites (N-methyl/N-ethyl adjacent to an activating group) is 1. The van der Waals surface area contributed by atoms with Crippen LogP contribution in [0.2, 0.25) is 0 Å². The fourth-order valence-corrected chi connectivity index (χ4v) is 4.16. The van der Waals surface area contributed by atoms with Crippen molar-refractivity contribution in [3.05, 3.63) is 36.0 Å². The molecule has 0 spiro atoms. The Morgan fingerprint density at radius 1 is 0.935 bits per heavy atom. The van der Waals surface area contributed by atoms with Gasteiger partial charge in [0.25, 0.3) is 0 Å². The summed E-state index contributed by atoms with van der Waals surface area (Å²) in [6.07, 6.45) is 5.79. The molecule has 3 heterocycles. The summed E-state index contributed by atoms with van der Waals surface area (Å²) in [5.41, 5.74) is 3.46. The second-order valence-corrected chi connectivity index (χ2v) is 8.39. The number of likely N-dealkylation sites (tertiary alicyclic amines) is 1. The Labute approximate surface area is 188 Å². The van der Waals surface area contributed by atoms with E-state index in [0.29, 0.717) is 0 Å². The minimum absolute atomic E-state index is 0.794. The lowest BCUT2D eigenvalue weighted by Crippen LogP contribution is -2.44. The molecule has 0 aliphatic carbocycles. The number of anilines is 2. The van der Waals surface area contributed by atoms with Crippen molar-refractivity contribution in [1.29, 1.82) is 0 Å². The summed E-state index contributed by atoms with van der Waals surface area (Å²) >= 11 is 0. The minimum Gasteiger partial charge on any atom is -0.370 e. The number of piperazine rings is 1. The number of benzene rings is 1. The maximum Gasteiger partial charge on any atom is 0.161 e. The largest absolute Gasteiger partial charge is 0.370 e. The van der Waals surface area contributed by atoms with Crippen molar-refractivity contribution >= 4 is 11.5 Å². The number of hydrogen-bond acceptors (Lipinski definition) is 6. The molecule has 4 rings (SSSR count). The zero-order valence-corrected chi connectivity index (χ0v) is 19.9. The van der Waals surface area contributed by atoms with Gasteiger partial charge in [-0.15, -0.1) is 0 Å². The molecule has 0 bridgehead atoms. The van der Waals surface area contributed by atoms with Gasteiger partial charge in [-0.3, -0.25) is 0 Å². The smallest absolute Gasteiger partial charge is 0.161 e. The lowest BCUT2D eigenvalue weighted by molar-refractivity contribution is 0.313. The highest BCUT2D eigenvalue weighted by Gasteiger charge is 2.15. The van der Waals surface area contributed by atoms with Crippen molar-refractivity contribution < 1.29 is 0 Å². The Balaban J connectivity index is 0.00000132. The number of rotatable bonds is 7. The third-order valence-electron chi connectivity index (χ3n) is 6.11. The predicted molar refractivity (Wildman–Crippen MR) is 132 cm³/mol. The summed E-state index contributed by atoms with van der Waals surface area (Å²) in [6.45, 7) is 15.1. The van der Waals surface area contributed by atoms with Crippen LogP contribution in [0.5, 0.6) is 0 Å². The van der Waals surface area contributed by atoms with E-state index in [2.05, 4.69) is 63.2 Å². The standard InChI is InChI=1S/C23H34N6.C2H6/c1-19-18-25-23(26-22(19)24-10-5-13-28-11-3-4-12-28)20-6-8-21(9-7-20)29-16-14-27(2)15-17-29;1-2/h6-9,18H,3-5,10-17H2,1-2H3,(H,24,25,26);1-2H3. The van der Waals surface area contributed by atoms with E-state index >= 15 is 0 Å². The van der Waals surface area contributed by atoms with Gasteiger partial charge >= 0.3 is 0 Å². The van der Waals surface area contributed by atoms with Gasteiger partial charge in [-0.05, 0) is 77.1 Å². The van der Waals surface area contributed by atoms with Gasteiger partial charge in [0.2, 0.25) is 0 Å². The van der Waals surface area contributed by atoms with Crippen LogP contribution in [0.3, 0.4) is 0 Å². The SMILES string of the molecule is CC.Cc1cnc(-c2ccc(N3CCN(C)CC3)cc2)nc1NCCCN1CCCC1. The molecule has 2 fully saturated rings. The lowest BCUT2D eigenvalue weighted by atomic mass is 10.1. The third-order valence-corrected chi connectivity index (χ3v) is 6.11. The van der Waals surface area contributed by atoms with E-state index in [0.717, 1.165) is 61.9 Å². The van der Waals surface area contributed by atoms with Crippen molar-refractivity contribution in [3.8, 4) is 11.4 Å². The molecule has 0 unspecified atom stereocenters. The molecule has 31 heavy (non-hydrogen) atoms. The van der Waals surface area contributed by atoms with Crippen LogP contribution in [-0.2, 0) is 0 Å². The first kappa shape index (κ1) is 23.5. The Kier molecular flexibility index (Phi) is 9.10. The maximum absolute atomic E-state index is 4.81. The molecule has 1 aromatic heterocycles. The molecule has 0 saturated carbocycles. The molecule has 6 nitrogen and oxygen atoms in total. The second kappa shape index (κ2) is 12.0. The average Bonchev–Trinajstić information content (AvgIpc) is 3.33. The summed E-state index contributed by atoms with van der Waals surface area (Å²) in [4.78, 5) is 16.8. The Bertz CT molecular complexity index is 777. The molecule has 0 amide bonds. The summed E-state index contributed by atoms with van der Waals surface area (Å²) < 4.78 is 0. The van der Waals surface area contributed by atoms with Crippen LogP contribution in [0.4, 0.5) is 11.5 Å². The van der Waals surface area contributed by atoms with E-state index in [9.17, 15) is 0 Å². The van der Waals surface area contributed by atoms with E-state index in [1.165, 1.54) is 38.2 Å². The molecule has 6 heteroatoms. The van der Waals surface area contributed by atoms with Gasteiger partial charge in [-0.1, -0.05) is 13.8 Å². The molecule has 2 aliphatic rings. The number of hydrogen-bond donors (Lipinski definition) is 1. The molecule has 170 valence electrons. The molecule has 0 atom stereocenters. The van der Waals surface area contributed by atoms with E-state index < -0.39 is 0 Å². The quantitative estimate of drug-likeness (QED) is 0.675. The highest BCUT2D eigenvalue weighted by atomic mass is 15.2. The van der Waals surface area contributed by atoms with Crippen molar-refractivity contribution in [2.24, 2.45) is 0 Å². The van der Waals surface area contributed by atoms with E-state index in [-0.39, 0.29) is 0 Å². The van der Waals surface area contributed by atoms with Crippen molar-refractivity contribution in [2.75, 3.05) is 69.6 Å². The van der Waals surface area contributed by atoms with Crippen molar-refractivity contribution in [2.45, 2.75) is 40.0 Å². The summed E-state index contributed by atoms with van der Waals surface area (Å²) in [7, 11) is 2.19. The summed E-state index contributed by atoms with van der Waals surface area (Å²) in [5, 5.41) is 3.52. The van der Waals surface area contributed by atoms with Gasteiger partial charge in [0.05, 0.1) is 0 Å². The van der Waals surface area contributed by atoms with E-state index in [4.69, 9.17) is 4.98 Å². The normalized spacial score (nSPS) is 17.4. The van der Waals surface area contributed by atoms with Crippen molar-refractivity contribution in [1.82, 2.24) is 19.8 Å². The van der Waals surface area contributed by atoms with E-state index in [1.54, 1.807) is 0 Å². The number of nitrogens with one attached hydrogen (secondary N) is 1. The zero-order chi connectivity index (χ0) is 22.1. The highest BCUT2D eigenvalue weighted by molar-refractivity contribution is 5.62. The number of aromatic nitrogens is 2. The predicted octanol–water partition coefficient (Wildman–Crippen LogP) is 4.13. The van der Waals surface area contributed by atoms with Crippen LogP contribution < -0.4 is 10.2 Å². The van der Waals surface area contributed by atoms with Gasteiger partial charge in [0.15, 0.2) is 5.82 Å². The van der Waals surface area contributed by atoms with Gasteiger partial charge in [-0.25, -0.2) is 9.97 Å². The zero-order valence-electron chi connectivity index (χ0n) is 19.9. The minimum atomic E-state index is 0.794. The van der Waals surface area contributed by atoms with Gasteiger partial charge < -0.3 is 20.0 Å². The Morgan fingerprint density at radius 2 is 1.61 bits per heavy atom. The lowest BCUT2D eigenvalue weighted by Gasteiger charge is -2.34. The number of aryl methyl sites for hydroxylation is 1. The van der Waals surface area contributed by atoms with E-state index in [1.807, 2.05) is 20.0 Å². The molecule has 1 N–H and O–H groups in total. The van der Waals surface area contributed by atoms with Crippen LogP contribution in [0.1, 0.15) is 38.7 Å². The molecule has 0 radical (unpaired) electrons. The van der Waals surface area contributed by atoms with Crippen LogP contribution in [0.15, 0.2) is 30.5 Å². The van der Waals surface area contributed by atoms with Crippen LogP contribution in [0, 0.1) is 6.92 Å². The molecule has 2 aliphatic heterocycles.